The van der Waals surface area contributed by atoms with Crippen LogP contribution in [-0.4, -0.2) is 13.1 Å². The summed E-state index contributed by atoms with van der Waals surface area (Å²) in [5, 5.41) is 0.286. The zero-order valence-corrected chi connectivity index (χ0v) is 19.7. The van der Waals surface area contributed by atoms with Gasteiger partial charge in [0.25, 0.3) is 0 Å². The molecule has 4 heteroatoms. The van der Waals surface area contributed by atoms with Gasteiger partial charge in [0.15, 0.2) is 0 Å². The number of methoxy groups -OCH3 is 1. The monoisotopic (exact) mass is 419 g/mol. The summed E-state index contributed by atoms with van der Waals surface area (Å²) in [6, 6.07) is 1.70. The number of aryl methyl sites for hydroxylation is 1. The minimum absolute atomic E-state index is 0.286. The first kappa shape index (κ1) is 25.4. The molecule has 0 aliphatic carbocycles. The fourth-order valence-electron chi connectivity index (χ4n) is 3.31. The Morgan fingerprint density at radius 3 is 2.24 bits per heavy atom. The summed E-state index contributed by atoms with van der Waals surface area (Å²) in [6.45, 7) is 8.91. The Balaban J connectivity index is 2.47. The molecule has 0 radical (unpaired) electrons. The molecule has 162 valence electrons. The molecule has 3 nitrogen and oxygen atoms in total. The van der Waals surface area contributed by atoms with E-state index < -0.39 is 5.97 Å². The van der Waals surface area contributed by atoms with Crippen LogP contribution in [0.3, 0.4) is 0 Å². The first-order chi connectivity index (χ1) is 13.7. The van der Waals surface area contributed by atoms with Crippen LogP contribution >= 0.6 is 11.6 Å². The van der Waals surface area contributed by atoms with Crippen LogP contribution in [-0.2, 0) is 11.2 Å². The van der Waals surface area contributed by atoms with Gasteiger partial charge in [-0.05, 0) is 36.3 Å². The van der Waals surface area contributed by atoms with Gasteiger partial charge in [0.2, 0.25) is 0 Å². The number of carbonyl (C=O) groups excluding carboxylic acids is 1. The van der Waals surface area contributed by atoms with E-state index in [1.807, 2.05) is 6.92 Å². The van der Waals surface area contributed by atoms with Crippen molar-refractivity contribution in [1.82, 2.24) is 0 Å². The number of benzene rings is 1. The van der Waals surface area contributed by atoms with E-state index in [9.17, 15) is 4.79 Å². The van der Waals surface area contributed by atoms with Crippen molar-refractivity contribution in [1.29, 1.82) is 0 Å². The number of hydrogen-bond acceptors (Lipinski definition) is 3. The lowest BCUT2D eigenvalue weighted by Gasteiger charge is -2.17. The predicted molar refractivity (Wildman–Crippen MR) is 124 cm³/mol. The summed E-state index contributed by atoms with van der Waals surface area (Å²) in [7, 11) is 1.34. The smallest absolute Gasteiger partial charge is 0.339 e. The second-order valence-electron chi connectivity index (χ2n) is 8.87. The molecular formula is C25H38ClNO2. The quantitative estimate of drug-likeness (QED) is 0.189. The summed E-state index contributed by atoms with van der Waals surface area (Å²) in [5.41, 5.74) is 8.98. The van der Waals surface area contributed by atoms with Crippen molar-refractivity contribution in [2.24, 2.45) is 5.41 Å². The molecule has 0 heterocycles. The molecule has 0 aromatic heterocycles. The molecule has 0 amide bonds. The maximum absolute atomic E-state index is 12.0. The number of hydrogen-bond donors (Lipinski definition) is 1. The minimum Gasteiger partial charge on any atom is -0.465 e. The van der Waals surface area contributed by atoms with Gasteiger partial charge >= 0.3 is 5.97 Å². The van der Waals surface area contributed by atoms with Gasteiger partial charge in [-0.1, -0.05) is 89.7 Å². The second kappa shape index (κ2) is 12.8. The normalized spacial score (nSPS) is 11.1. The molecule has 1 aromatic rings. The fraction of sp³-hybridized carbons (Fsp3) is 0.640. The van der Waals surface area contributed by atoms with Crippen LogP contribution in [0.1, 0.15) is 107 Å². The standard InChI is InChI=1S/C25H38ClNO2/c1-6-19-18-21(24(28)29-5)22(26)20(23(19)27)16-14-12-10-8-7-9-11-13-15-17-25(2,3)4/h18H,6-13,15,17,27H2,1-5H3. The molecule has 0 saturated heterocycles. The van der Waals surface area contributed by atoms with Crippen LogP contribution < -0.4 is 5.73 Å². The molecular weight excluding hydrogens is 382 g/mol. The Labute approximate surface area is 182 Å². The highest BCUT2D eigenvalue weighted by Gasteiger charge is 2.18. The number of carbonyl (C=O) groups is 1. The topological polar surface area (TPSA) is 52.3 Å². The average Bonchev–Trinajstić information content (AvgIpc) is 2.67. The molecule has 0 aliphatic heterocycles. The van der Waals surface area contributed by atoms with Gasteiger partial charge in [-0.2, -0.15) is 0 Å². The average molecular weight is 420 g/mol. The van der Waals surface area contributed by atoms with Gasteiger partial charge in [-0.25, -0.2) is 4.79 Å². The van der Waals surface area contributed by atoms with Crippen LogP contribution in [0.4, 0.5) is 5.69 Å². The van der Waals surface area contributed by atoms with Crippen molar-refractivity contribution in [2.75, 3.05) is 12.8 Å². The van der Waals surface area contributed by atoms with Crippen LogP contribution in [0.15, 0.2) is 6.07 Å². The van der Waals surface area contributed by atoms with Crippen molar-refractivity contribution in [3.63, 3.8) is 0 Å². The third kappa shape index (κ3) is 9.13. The third-order valence-corrected chi connectivity index (χ3v) is 5.51. The Morgan fingerprint density at radius 2 is 1.69 bits per heavy atom. The molecule has 0 unspecified atom stereocenters. The van der Waals surface area contributed by atoms with Gasteiger partial charge in [-0.15, -0.1) is 0 Å². The highest BCUT2D eigenvalue weighted by molar-refractivity contribution is 6.35. The maximum atomic E-state index is 12.0. The summed E-state index contributed by atoms with van der Waals surface area (Å²) >= 11 is 6.38. The lowest BCUT2D eigenvalue weighted by molar-refractivity contribution is 0.0601. The molecule has 0 spiro atoms. The third-order valence-electron chi connectivity index (χ3n) is 5.12. The van der Waals surface area contributed by atoms with Crippen LogP contribution in [0.25, 0.3) is 0 Å². The fourth-order valence-corrected chi connectivity index (χ4v) is 3.59. The summed E-state index contributed by atoms with van der Waals surface area (Å²) in [6.07, 6.45) is 11.7. The lowest BCUT2D eigenvalue weighted by atomic mass is 9.89. The van der Waals surface area contributed by atoms with Crippen molar-refractivity contribution >= 4 is 23.3 Å². The highest BCUT2D eigenvalue weighted by atomic mass is 35.5. The zero-order valence-electron chi connectivity index (χ0n) is 18.9. The number of nitrogens with two attached hydrogens (primary N) is 1. The van der Waals surface area contributed by atoms with Crippen LogP contribution in [0.5, 0.6) is 0 Å². The van der Waals surface area contributed by atoms with Gasteiger partial charge < -0.3 is 10.5 Å². The lowest BCUT2D eigenvalue weighted by Crippen LogP contribution is -2.07. The van der Waals surface area contributed by atoms with E-state index in [0.29, 0.717) is 28.7 Å². The van der Waals surface area contributed by atoms with Gasteiger partial charge in [0, 0.05) is 6.42 Å². The molecule has 0 saturated carbocycles. The SMILES string of the molecule is CCc1cc(C(=O)OC)c(Cl)c(C#CCCCCCCCCCC(C)(C)C)c1N. The first-order valence-electron chi connectivity index (χ1n) is 10.9. The zero-order chi connectivity index (χ0) is 21.9. The molecule has 0 aliphatic rings. The highest BCUT2D eigenvalue weighted by Crippen LogP contribution is 2.30. The van der Waals surface area contributed by atoms with E-state index in [-0.39, 0.29) is 5.02 Å². The second-order valence-corrected chi connectivity index (χ2v) is 9.25. The molecule has 0 atom stereocenters. The van der Waals surface area contributed by atoms with E-state index in [1.54, 1.807) is 6.07 Å². The first-order valence-corrected chi connectivity index (χ1v) is 11.3. The summed E-state index contributed by atoms with van der Waals surface area (Å²) in [4.78, 5) is 12.0. The van der Waals surface area contributed by atoms with E-state index in [2.05, 4.69) is 32.6 Å². The van der Waals surface area contributed by atoms with Crippen molar-refractivity contribution in [3.05, 3.63) is 27.8 Å². The summed E-state index contributed by atoms with van der Waals surface area (Å²) < 4.78 is 4.82. The van der Waals surface area contributed by atoms with E-state index in [4.69, 9.17) is 22.1 Å². The van der Waals surface area contributed by atoms with Crippen molar-refractivity contribution in [3.8, 4) is 11.8 Å². The molecule has 0 bridgehead atoms. The number of esters is 1. The Kier molecular flexibility index (Phi) is 11.2. The number of rotatable bonds is 10. The molecule has 0 fully saturated rings. The predicted octanol–water partition coefficient (Wildman–Crippen LogP) is 7.18. The van der Waals surface area contributed by atoms with Gasteiger partial charge in [-0.3, -0.25) is 0 Å². The number of nitrogen functional groups attached to an aromatic ring is 1. The molecule has 29 heavy (non-hydrogen) atoms. The number of anilines is 1. The number of ether oxygens (including phenoxy) is 1. The molecule has 1 rings (SSSR count). The van der Waals surface area contributed by atoms with E-state index in [1.165, 1.54) is 52.1 Å². The van der Waals surface area contributed by atoms with Crippen LogP contribution in [0, 0.1) is 17.3 Å². The van der Waals surface area contributed by atoms with Crippen molar-refractivity contribution in [2.45, 2.75) is 91.9 Å². The van der Waals surface area contributed by atoms with E-state index in [0.717, 1.165) is 18.4 Å². The molecule has 1 aromatic carbocycles. The van der Waals surface area contributed by atoms with Gasteiger partial charge in [0.05, 0.1) is 28.9 Å². The Morgan fingerprint density at radius 1 is 1.10 bits per heavy atom. The Bertz CT molecular complexity index is 723. The summed E-state index contributed by atoms with van der Waals surface area (Å²) in [5.74, 6) is 5.81. The van der Waals surface area contributed by atoms with E-state index >= 15 is 0 Å². The van der Waals surface area contributed by atoms with Gasteiger partial charge in [0.1, 0.15) is 0 Å². The Hall–Kier alpha value is -1.66. The van der Waals surface area contributed by atoms with Crippen LogP contribution in [0.2, 0.25) is 5.02 Å². The number of halogens is 1. The maximum Gasteiger partial charge on any atom is 0.339 e. The number of unbranched alkanes of at least 4 members (excludes halogenated alkanes) is 7. The minimum atomic E-state index is -0.463. The molecule has 2 N–H and O–H groups in total. The van der Waals surface area contributed by atoms with Crippen molar-refractivity contribution < 1.29 is 9.53 Å². The largest absolute Gasteiger partial charge is 0.465 e.